The normalized spacial score (nSPS) is 12.1. The maximum Gasteiger partial charge on any atom is 0.389 e. The molecule has 258 valence electrons. The fourth-order valence-corrected chi connectivity index (χ4v) is 6.62. The van der Waals surface area contributed by atoms with Gasteiger partial charge in [-0.05, 0) is 41.0 Å². The number of hydrogen-bond donors (Lipinski definition) is 0. The van der Waals surface area contributed by atoms with Gasteiger partial charge in [-0.2, -0.15) is 23.3 Å². The number of fused-ring (bicyclic) bond motifs is 1. The van der Waals surface area contributed by atoms with E-state index in [9.17, 15) is 13.2 Å². The van der Waals surface area contributed by atoms with E-state index >= 15 is 8.78 Å². The van der Waals surface area contributed by atoms with Crippen molar-refractivity contribution in [1.29, 1.82) is 0 Å². The average Bonchev–Trinajstić information content (AvgIpc) is 3.91. The molecule has 0 aliphatic carbocycles. The van der Waals surface area contributed by atoms with Crippen LogP contribution in [0.5, 0.6) is 0 Å². The fraction of sp³-hybridized carbons (Fsp3) is 0.100. The van der Waals surface area contributed by atoms with E-state index in [1.807, 2.05) is 91.0 Å². The second-order valence-corrected chi connectivity index (χ2v) is 12.2. The minimum Gasteiger partial charge on any atom is -0.339 e. The Balaban J connectivity index is 1.37. The summed E-state index contributed by atoms with van der Waals surface area (Å²) in [6, 6.07) is 36.4. The van der Waals surface area contributed by atoms with Crippen molar-refractivity contribution in [3.8, 4) is 33.9 Å². The highest BCUT2D eigenvalue weighted by Gasteiger charge is 2.40. The number of hydrogen-bond acceptors (Lipinski definition) is 5. The monoisotopic (exact) mass is 702 g/mol. The summed E-state index contributed by atoms with van der Waals surface area (Å²) in [7, 11) is 0. The summed E-state index contributed by atoms with van der Waals surface area (Å²) >= 11 is 0. The molecular formula is C40H27F5N6O. The summed E-state index contributed by atoms with van der Waals surface area (Å²) in [5.74, 6) is -1.72. The standard InChI is InChI=1S/C40H27F5N6O/c41-31-17-10-18-32(42)36(31)37-30(26-19-20-34-46-23-33(50(34)24-26)38-47-35(52-49-38)21-22-39(43,44)45)25-51(48-37)40(27-11-4-1-5-12-27,28-13-6-2-7-14-28)29-15-8-3-9-16-29/h1-20,23-25H,21-22H2. The van der Waals surface area contributed by atoms with E-state index in [-0.39, 0.29) is 23.0 Å². The highest BCUT2D eigenvalue weighted by atomic mass is 19.4. The Hall–Kier alpha value is -6.43. The Bertz CT molecular complexity index is 2370. The van der Waals surface area contributed by atoms with Gasteiger partial charge in [-0.1, -0.05) is 102 Å². The van der Waals surface area contributed by atoms with Crippen molar-refractivity contribution in [3.05, 3.63) is 174 Å². The third-order valence-corrected chi connectivity index (χ3v) is 8.97. The Labute approximate surface area is 293 Å². The van der Waals surface area contributed by atoms with Crippen LogP contribution in [0, 0.1) is 11.6 Å². The van der Waals surface area contributed by atoms with Crippen molar-refractivity contribution in [2.45, 2.75) is 24.6 Å². The van der Waals surface area contributed by atoms with Crippen LogP contribution in [0.2, 0.25) is 0 Å². The first kappa shape index (κ1) is 32.8. The van der Waals surface area contributed by atoms with Gasteiger partial charge in [0.2, 0.25) is 11.7 Å². The molecule has 0 spiro atoms. The maximum atomic E-state index is 15.7. The molecule has 0 fully saturated rings. The molecule has 0 unspecified atom stereocenters. The molecule has 0 aliphatic heterocycles. The van der Waals surface area contributed by atoms with Crippen molar-refractivity contribution in [1.82, 2.24) is 29.3 Å². The van der Waals surface area contributed by atoms with Gasteiger partial charge in [0.05, 0.1) is 18.2 Å². The van der Waals surface area contributed by atoms with Crippen LogP contribution in [0.25, 0.3) is 39.5 Å². The van der Waals surface area contributed by atoms with Gasteiger partial charge >= 0.3 is 6.18 Å². The molecule has 0 atom stereocenters. The highest BCUT2D eigenvalue weighted by molar-refractivity contribution is 5.82. The van der Waals surface area contributed by atoms with Crippen LogP contribution in [-0.2, 0) is 12.0 Å². The lowest BCUT2D eigenvalue weighted by atomic mass is 9.77. The number of benzene rings is 4. The van der Waals surface area contributed by atoms with Crippen molar-refractivity contribution in [2.75, 3.05) is 0 Å². The predicted molar refractivity (Wildman–Crippen MR) is 184 cm³/mol. The van der Waals surface area contributed by atoms with Gasteiger partial charge in [-0.15, -0.1) is 0 Å². The zero-order valence-electron chi connectivity index (χ0n) is 27.2. The summed E-state index contributed by atoms with van der Waals surface area (Å²) < 4.78 is 78.5. The van der Waals surface area contributed by atoms with Gasteiger partial charge in [0.25, 0.3) is 0 Å². The van der Waals surface area contributed by atoms with Crippen LogP contribution in [-0.4, -0.2) is 35.5 Å². The van der Waals surface area contributed by atoms with Crippen LogP contribution in [0.4, 0.5) is 22.0 Å². The van der Waals surface area contributed by atoms with Crippen LogP contribution in [0.15, 0.2) is 144 Å². The van der Waals surface area contributed by atoms with E-state index < -0.39 is 36.2 Å². The molecule has 4 heterocycles. The first-order valence-electron chi connectivity index (χ1n) is 16.3. The van der Waals surface area contributed by atoms with Crippen molar-refractivity contribution >= 4 is 5.65 Å². The third kappa shape index (κ3) is 5.81. The second kappa shape index (κ2) is 13.0. The number of alkyl halides is 3. The SMILES string of the molecule is Fc1cccc(F)c1-c1nn(C(c2ccccc2)(c2ccccc2)c2ccccc2)cc1-c1ccc2ncc(-c3noc(CCC(F)(F)F)n3)n2c1. The van der Waals surface area contributed by atoms with E-state index in [1.54, 1.807) is 33.6 Å². The molecule has 0 amide bonds. The van der Waals surface area contributed by atoms with Gasteiger partial charge in [0, 0.05) is 29.9 Å². The lowest BCUT2D eigenvalue weighted by Gasteiger charge is -2.36. The minimum atomic E-state index is -4.38. The number of aromatic nitrogens is 6. The zero-order valence-corrected chi connectivity index (χ0v) is 27.2. The quantitative estimate of drug-likeness (QED) is 0.111. The molecule has 4 aromatic carbocycles. The van der Waals surface area contributed by atoms with Crippen LogP contribution in [0.3, 0.4) is 0 Å². The molecule has 0 saturated carbocycles. The van der Waals surface area contributed by atoms with Gasteiger partial charge in [-0.25, -0.2) is 13.8 Å². The lowest BCUT2D eigenvalue weighted by Crippen LogP contribution is -2.38. The molecule has 0 bridgehead atoms. The van der Waals surface area contributed by atoms with Crippen LogP contribution < -0.4 is 0 Å². The predicted octanol–water partition coefficient (Wildman–Crippen LogP) is 9.53. The van der Waals surface area contributed by atoms with E-state index in [4.69, 9.17) is 9.62 Å². The van der Waals surface area contributed by atoms with Crippen LogP contribution in [0.1, 0.15) is 29.0 Å². The first-order valence-corrected chi connectivity index (χ1v) is 16.3. The zero-order chi connectivity index (χ0) is 35.9. The van der Waals surface area contributed by atoms with Gasteiger partial charge in [-0.3, -0.25) is 9.08 Å². The molecular weight excluding hydrogens is 675 g/mol. The van der Waals surface area contributed by atoms with Crippen molar-refractivity contribution in [3.63, 3.8) is 0 Å². The summed E-state index contributed by atoms with van der Waals surface area (Å²) in [6.45, 7) is 0. The van der Waals surface area contributed by atoms with E-state index in [1.165, 1.54) is 24.4 Å². The summed E-state index contributed by atoms with van der Waals surface area (Å²) in [5, 5.41) is 8.96. The molecule has 8 aromatic rings. The van der Waals surface area contributed by atoms with Gasteiger partial charge < -0.3 is 4.52 Å². The van der Waals surface area contributed by atoms with Gasteiger partial charge in [0.1, 0.15) is 34.2 Å². The van der Waals surface area contributed by atoms with Crippen molar-refractivity contribution in [2.24, 2.45) is 0 Å². The number of halogens is 5. The molecule has 52 heavy (non-hydrogen) atoms. The number of rotatable bonds is 9. The lowest BCUT2D eigenvalue weighted by molar-refractivity contribution is -0.134. The summed E-state index contributed by atoms with van der Waals surface area (Å²) in [6.07, 6.45) is -1.02. The fourth-order valence-electron chi connectivity index (χ4n) is 6.62. The third-order valence-electron chi connectivity index (χ3n) is 8.97. The Morgan fingerprint density at radius 1 is 0.673 bits per heavy atom. The molecule has 0 saturated heterocycles. The first-order chi connectivity index (χ1) is 25.2. The Morgan fingerprint density at radius 2 is 1.27 bits per heavy atom. The molecule has 0 N–H and O–H groups in total. The Kier molecular flexibility index (Phi) is 8.21. The average molecular weight is 703 g/mol. The summed E-state index contributed by atoms with van der Waals surface area (Å²) in [5.41, 5.74) is 2.94. The topological polar surface area (TPSA) is 74.0 Å². The van der Waals surface area contributed by atoms with E-state index in [0.29, 0.717) is 22.5 Å². The number of pyridine rings is 1. The number of aryl methyl sites for hydroxylation is 1. The smallest absolute Gasteiger partial charge is 0.339 e. The molecule has 8 rings (SSSR count). The molecule has 4 aromatic heterocycles. The molecule has 0 radical (unpaired) electrons. The summed E-state index contributed by atoms with van der Waals surface area (Å²) in [4.78, 5) is 8.60. The molecule has 0 aliphatic rings. The second-order valence-electron chi connectivity index (χ2n) is 12.2. The van der Waals surface area contributed by atoms with Gasteiger partial charge in [0.15, 0.2) is 0 Å². The Morgan fingerprint density at radius 3 is 1.85 bits per heavy atom. The van der Waals surface area contributed by atoms with E-state index in [2.05, 4.69) is 15.1 Å². The number of nitrogens with zero attached hydrogens (tertiary/aromatic N) is 6. The van der Waals surface area contributed by atoms with Crippen molar-refractivity contribution < 1.29 is 26.5 Å². The largest absolute Gasteiger partial charge is 0.389 e. The molecule has 7 nitrogen and oxygen atoms in total. The minimum absolute atomic E-state index is 0.0362. The number of imidazole rings is 1. The van der Waals surface area contributed by atoms with Crippen LogP contribution >= 0.6 is 0 Å². The molecule has 12 heteroatoms. The maximum absolute atomic E-state index is 15.7. The highest BCUT2D eigenvalue weighted by Crippen LogP contribution is 2.44. The van der Waals surface area contributed by atoms with E-state index in [0.717, 1.165) is 16.7 Å².